The molecule has 1 aromatic rings. The van der Waals surface area contributed by atoms with Gasteiger partial charge in [-0.25, -0.2) is 17.6 Å². The average Bonchev–Trinajstić information content (AvgIpc) is 2.28. The van der Waals surface area contributed by atoms with E-state index in [1.165, 1.54) is 6.92 Å². The van der Waals surface area contributed by atoms with Crippen LogP contribution >= 0.6 is 0 Å². The van der Waals surface area contributed by atoms with Crippen LogP contribution in [0, 0.1) is 23.3 Å². The lowest BCUT2D eigenvalue weighted by molar-refractivity contribution is -0.147. The first kappa shape index (κ1) is 13.5. The van der Waals surface area contributed by atoms with Crippen molar-refractivity contribution in [1.82, 2.24) is 0 Å². The SMILES string of the molecule is CC[C@@H](OC(C)=O)c1cc(F)c(F)c(F)c1F. The number of benzene rings is 1. The van der Waals surface area contributed by atoms with Crippen LogP contribution < -0.4 is 0 Å². The maximum Gasteiger partial charge on any atom is 0.303 e. The smallest absolute Gasteiger partial charge is 0.303 e. The minimum absolute atomic E-state index is 0.112. The van der Waals surface area contributed by atoms with Gasteiger partial charge in [-0.1, -0.05) is 6.92 Å². The molecule has 0 heterocycles. The van der Waals surface area contributed by atoms with E-state index in [2.05, 4.69) is 4.74 Å². The van der Waals surface area contributed by atoms with Crippen LogP contribution in [-0.4, -0.2) is 5.97 Å². The van der Waals surface area contributed by atoms with Crippen LogP contribution in [0.5, 0.6) is 0 Å². The summed E-state index contributed by atoms with van der Waals surface area (Å²) in [5.74, 6) is -7.59. The lowest BCUT2D eigenvalue weighted by Crippen LogP contribution is -2.12. The Kier molecular flexibility index (Phi) is 4.09. The lowest BCUT2D eigenvalue weighted by Gasteiger charge is -2.16. The van der Waals surface area contributed by atoms with Gasteiger partial charge in [0.1, 0.15) is 6.10 Å². The van der Waals surface area contributed by atoms with E-state index in [1.54, 1.807) is 0 Å². The Morgan fingerprint density at radius 2 is 1.82 bits per heavy atom. The molecule has 0 bridgehead atoms. The first-order valence-electron chi connectivity index (χ1n) is 4.88. The van der Waals surface area contributed by atoms with E-state index in [0.717, 1.165) is 6.92 Å². The number of ether oxygens (including phenoxy) is 1. The summed E-state index contributed by atoms with van der Waals surface area (Å²) in [7, 11) is 0. The molecular formula is C11H10F4O2. The van der Waals surface area contributed by atoms with Crippen molar-refractivity contribution in [3.05, 3.63) is 34.9 Å². The van der Waals surface area contributed by atoms with Crippen molar-refractivity contribution in [2.45, 2.75) is 26.4 Å². The number of rotatable bonds is 3. The molecule has 0 saturated heterocycles. The zero-order valence-electron chi connectivity index (χ0n) is 9.19. The van der Waals surface area contributed by atoms with E-state index in [-0.39, 0.29) is 6.42 Å². The van der Waals surface area contributed by atoms with Crippen LogP contribution in [0.1, 0.15) is 31.9 Å². The summed E-state index contributed by atoms with van der Waals surface area (Å²) in [4.78, 5) is 10.7. The molecule has 0 aliphatic rings. The first-order chi connectivity index (χ1) is 7.88. The van der Waals surface area contributed by atoms with E-state index in [1.807, 2.05) is 0 Å². The predicted octanol–water partition coefficient (Wildman–Crippen LogP) is 3.26. The van der Waals surface area contributed by atoms with Crippen molar-refractivity contribution in [2.75, 3.05) is 0 Å². The van der Waals surface area contributed by atoms with Gasteiger partial charge in [-0.05, 0) is 12.5 Å². The summed E-state index contributed by atoms with van der Waals surface area (Å²) in [5, 5.41) is 0. The second-order valence-electron chi connectivity index (χ2n) is 3.40. The molecule has 0 spiro atoms. The molecule has 0 fully saturated rings. The van der Waals surface area contributed by atoms with Crippen molar-refractivity contribution in [1.29, 1.82) is 0 Å². The summed E-state index contributed by atoms with van der Waals surface area (Å²) >= 11 is 0. The third-order valence-electron chi connectivity index (χ3n) is 2.16. The third kappa shape index (κ3) is 2.75. The molecule has 0 radical (unpaired) electrons. The number of carbonyl (C=O) groups is 1. The van der Waals surface area contributed by atoms with Crippen molar-refractivity contribution in [2.24, 2.45) is 0 Å². The van der Waals surface area contributed by atoms with E-state index in [4.69, 9.17) is 0 Å². The number of hydrogen-bond acceptors (Lipinski definition) is 2. The maximum absolute atomic E-state index is 13.4. The lowest BCUT2D eigenvalue weighted by atomic mass is 10.1. The molecule has 17 heavy (non-hydrogen) atoms. The van der Waals surface area contributed by atoms with E-state index in [0.29, 0.717) is 6.07 Å². The molecule has 0 aromatic heterocycles. The number of carbonyl (C=O) groups excluding carboxylic acids is 1. The highest BCUT2D eigenvalue weighted by atomic mass is 19.2. The molecule has 0 aliphatic carbocycles. The molecule has 0 unspecified atom stereocenters. The monoisotopic (exact) mass is 250 g/mol. The minimum atomic E-state index is -1.91. The Balaban J connectivity index is 3.25. The number of hydrogen-bond donors (Lipinski definition) is 0. The quantitative estimate of drug-likeness (QED) is 0.356. The van der Waals surface area contributed by atoms with Gasteiger partial charge in [0.2, 0.25) is 0 Å². The van der Waals surface area contributed by atoms with Crippen LogP contribution in [0.4, 0.5) is 17.6 Å². The molecule has 0 saturated carbocycles. The predicted molar refractivity (Wildman–Crippen MR) is 51.1 cm³/mol. The fourth-order valence-corrected chi connectivity index (χ4v) is 1.39. The second kappa shape index (κ2) is 5.16. The number of halogens is 4. The summed E-state index contributed by atoms with van der Waals surface area (Å²) in [6.07, 6.45) is -1.03. The van der Waals surface area contributed by atoms with E-state index >= 15 is 0 Å². The molecule has 1 rings (SSSR count). The first-order valence-corrected chi connectivity index (χ1v) is 4.88. The highest BCUT2D eigenvalue weighted by Gasteiger charge is 2.24. The Bertz CT molecular complexity index is 446. The van der Waals surface area contributed by atoms with E-state index < -0.39 is 40.9 Å². The normalized spacial score (nSPS) is 12.4. The van der Waals surface area contributed by atoms with Crippen LogP contribution in [0.2, 0.25) is 0 Å². The Labute approximate surface area is 95.2 Å². The topological polar surface area (TPSA) is 26.3 Å². The summed E-state index contributed by atoms with van der Waals surface area (Å²) < 4.78 is 56.6. The van der Waals surface area contributed by atoms with Crippen LogP contribution in [-0.2, 0) is 9.53 Å². The fourth-order valence-electron chi connectivity index (χ4n) is 1.39. The Hall–Kier alpha value is -1.59. The van der Waals surface area contributed by atoms with Crippen LogP contribution in [0.15, 0.2) is 6.07 Å². The molecule has 2 nitrogen and oxygen atoms in total. The van der Waals surface area contributed by atoms with Gasteiger partial charge in [0.15, 0.2) is 23.3 Å². The van der Waals surface area contributed by atoms with Crippen molar-refractivity contribution in [3.8, 4) is 0 Å². The van der Waals surface area contributed by atoms with Crippen LogP contribution in [0.25, 0.3) is 0 Å². The zero-order valence-corrected chi connectivity index (χ0v) is 9.19. The van der Waals surface area contributed by atoms with Gasteiger partial charge in [0.25, 0.3) is 0 Å². The summed E-state index contributed by atoms with van der Waals surface area (Å²) in [5.41, 5.74) is -0.515. The standard InChI is InChI=1S/C11H10F4O2/c1-3-8(17-5(2)16)6-4-7(12)10(14)11(15)9(6)13/h4,8H,3H2,1-2H3/t8-/m1/s1. The highest BCUT2D eigenvalue weighted by Crippen LogP contribution is 2.28. The summed E-state index contributed by atoms with van der Waals surface area (Å²) in [6, 6.07) is 0.491. The van der Waals surface area contributed by atoms with E-state index in [9.17, 15) is 22.4 Å². The molecule has 6 heteroatoms. The molecule has 94 valence electrons. The summed E-state index contributed by atoms with van der Waals surface area (Å²) in [6.45, 7) is 2.61. The fraction of sp³-hybridized carbons (Fsp3) is 0.364. The van der Waals surface area contributed by atoms with Crippen LogP contribution in [0.3, 0.4) is 0 Å². The number of esters is 1. The van der Waals surface area contributed by atoms with Crippen molar-refractivity contribution in [3.63, 3.8) is 0 Å². The molecular weight excluding hydrogens is 240 g/mol. The third-order valence-corrected chi connectivity index (χ3v) is 2.16. The second-order valence-corrected chi connectivity index (χ2v) is 3.40. The van der Waals surface area contributed by atoms with Gasteiger partial charge >= 0.3 is 5.97 Å². The Morgan fingerprint density at radius 1 is 1.24 bits per heavy atom. The van der Waals surface area contributed by atoms with Gasteiger partial charge < -0.3 is 4.74 Å². The largest absolute Gasteiger partial charge is 0.458 e. The average molecular weight is 250 g/mol. The highest BCUT2D eigenvalue weighted by molar-refractivity contribution is 5.66. The maximum atomic E-state index is 13.4. The molecule has 1 atom stereocenters. The minimum Gasteiger partial charge on any atom is -0.458 e. The van der Waals surface area contributed by atoms with Gasteiger partial charge in [-0.3, -0.25) is 4.79 Å². The zero-order chi connectivity index (χ0) is 13.2. The van der Waals surface area contributed by atoms with Gasteiger partial charge in [-0.2, -0.15) is 0 Å². The van der Waals surface area contributed by atoms with Crippen molar-refractivity contribution < 1.29 is 27.1 Å². The van der Waals surface area contributed by atoms with Gasteiger partial charge in [0, 0.05) is 12.5 Å². The molecule has 0 aliphatic heterocycles. The molecule has 1 aromatic carbocycles. The molecule has 0 N–H and O–H groups in total. The van der Waals surface area contributed by atoms with Gasteiger partial charge in [-0.15, -0.1) is 0 Å². The molecule has 0 amide bonds. The Morgan fingerprint density at radius 3 is 2.29 bits per heavy atom. The van der Waals surface area contributed by atoms with Gasteiger partial charge in [0.05, 0.1) is 0 Å². The van der Waals surface area contributed by atoms with Crippen molar-refractivity contribution >= 4 is 5.97 Å².